The van der Waals surface area contributed by atoms with Gasteiger partial charge in [0, 0.05) is 27.5 Å². The van der Waals surface area contributed by atoms with Gasteiger partial charge < -0.3 is 5.32 Å². The first kappa shape index (κ1) is 14.3. The second-order valence-corrected chi connectivity index (χ2v) is 6.17. The van der Waals surface area contributed by atoms with Crippen molar-refractivity contribution in [3.8, 4) is 5.69 Å². The summed E-state index contributed by atoms with van der Waals surface area (Å²) in [5.41, 5.74) is 2.97. The molecule has 2 heterocycles. The van der Waals surface area contributed by atoms with Crippen LogP contribution in [0.2, 0.25) is 0 Å². The van der Waals surface area contributed by atoms with E-state index in [0.29, 0.717) is 6.54 Å². The van der Waals surface area contributed by atoms with E-state index in [-0.39, 0.29) is 0 Å². The Hall–Kier alpha value is -1.66. The standard InChI is InChI=1S/C15H12Br2N4/c16-11-8-12(17)14(18-9-11)10-19-13-4-1-2-5-15(13)21-7-3-6-20-21/h1-9,19H,10H2. The van der Waals surface area contributed by atoms with Gasteiger partial charge >= 0.3 is 0 Å². The minimum absolute atomic E-state index is 0.631. The second-order valence-electron chi connectivity index (χ2n) is 4.40. The van der Waals surface area contributed by atoms with Gasteiger partial charge in [0.15, 0.2) is 0 Å². The molecule has 1 N–H and O–H groups in total. The predicted molar refractivity (Wildman–Crippen MR) is 90.5 cm³/mol. The SMILES string of the molecule is Brc1cnc(CNc2ccccc2-n2cccn2)c(Br)c1. The first-order valence-electron chi connectivity index (χ1n) is 6.37. The molecule has 0 aliphatic heterocycles. The summed E-state index contributed by atoms with van der Waals surface area (Å²) in [7, 11) is 0. The van der Waals surface area contributed by atoms with Gasteiger partial charge in [0.05, 0.1) is 23.6 Å². The van der Waals surface area contributed by atoms with Crippen molar-refractivity contribution in [2.75, 3.05) is 5.32 Å². The molecule has 0 spiro atoms. The summed E-state index contributed by atoms with van der Waals surface area (Å²) < 4.78 is 3.77. The van der Waals surface area contributed by atoms with Gasteiger partial charge in [0.25, 0.3) is 0 Å². The van der Waals surface area contributed by atoms with Crippen LogP contribution < -0.4 is 5.32 Å². The molecule has 0 aliphatic rings. The Kier molecular flexibility index (Phi) is 4.36. The van der Waals surface area contributed by atoms with E-state index in [0.717, 1.165) is 26.0 Å². The molecule has 4 nitrogen and oxygen atoms in total. The highest BCUT2D eigenvalue weighted by atomic mass is 79.9. The summed E-state index contributed by atoms with van der Waals surface area (Å²) in [6.07, 6.45) is 5.49. The van der Waals surface area contributed by atoms with Crippen LogP contribution >= 0.6 is 31.9 Å². The molecule has 3 rings (SSSR count). The normalized spacial score (nSPS) is 10.6. The lowest BCUT2D eigenvalue weighted by atomic mass is 10.2. The maximum Gasteiger partial charge on any atom is 0.0876 e. The quantitative estimate of drug-likeness (QED) is 0.696. The van der Waals surface area contributed by atoms with Gasteiger partial charge in [0.1, 0.15) is 0 Å². The van der Waals surface area contributed by atoms with Crippen LogP contribution in [0.25, 0.3) is 5.69 Å². The third-order valence-electron chi connectivity index (χ3n) is 2.99. The van der Waals surface area contributed by atoms with Gasteiger partial charge in [-0.2, -0.15) is 5.10 Å². The first-order valence-corrected chi connectivity index (χ1v) is 7.95. The molecule has 0 atom stereocenters. The highest BCUT2D eigenvalue weighted by Crippen LogP contribution is 2.23. The molecule has 0 saturated carbocycles. The Bertz CT molecular complexity index is 741. The van der Waals surface area contributed by atoms with E-state index in [9.17, 15) is 0 Å². The van der Waals surface area contributed by atoms with Crippen LogP contribution in [0.15, 0.2) is 63.9 Å². The second kappa shape index (κ2) is 6.41. The fourth-order valence-corrected chi connectivity index (χ4v) is 3.11. The topological polar surface area (TPSA) is 42.7 Å². The maximum absolute atomic E-state index is 4.41. The summed E-state index contributed by atoms with van der Waals surface area (Å²) in [6.45, 7) is 0.631. The van der Waals surface area contributed by atoms with E-state index in [1.165, 1.54) is 0 Å². The average molecular weight is 408 g/mol. The Morgan fingerprint density at radius 1 is 1.14 bits per heavy atom. The lowest BCUT2D eigenvalue weighted by Crippen LogP contribution is -2.06. The molecule has 0 amide bonds. The van der Waals surface area contributed by atoms with Crippen molar-refractivity contribution >= 4 is 37.5 Å². The van der Waals surface area contributed by atoms with Crippen molar-refractivity contribution in [1.82, 2.24) is 14.8 Å². The summed E-state index contributed by atoms with van der Waals surface area (Å²) in [4.78, 5) is 4.41. The fourth-order valence-electron chi connectivity index (χ4n) is 1.99. The van der Waals surface area contributed by atoms with Gasteiger partial charge in [-0.15, -0.1) is 0 Å². The van der Waals surface area contributed by atoms with Crippen molar-refractivity contribution in [3.63, 3.8) is 0 Å². The predicted octanol–water partition coefficient (Wildman–Crippen LogP) is 4.40. The summed E-state index contributed by atoms with van der Waals surface area (Å²) in [6, 6.07) is 12.0. The number of hydrogen-bond acceptors (Lipinski definition) is 3. The van der Waals surface area contributed by atoms with Crippen molar-refractivity contribution in [3.05, 3.63) is 69.6 Å². The van der Waals surface area contributed by atoms with Crippen LogP contribution in [0.5, 0.6) is 0 Å². The largest absolute Gasteiger partial charge is 0.378 e. The van der Waals surface area contributed by atoms with Crippen molar-refractivity contribution in [2.45, 2.75) is 6.54 Å². The van der Waals surface area contributed by atoms with Crippen LogP contribution in [-0.4, -0.2) is 14.8 Å². The zero-order chi connectivity index (χ0) is 14.7. The van der Waals surface area contributed by atoms with Crippen LogP contribution in [0.3, 0.4) is 0 Å². The number of pyridine rings is 1. The van der Waals surface area contributed by atoms with Crippen molar-refractivity contribution in [2.24, 2.45) is 0 Å². The molecule has 0 radical (unpaired) electrons. The van der Waals surface area contributed by atoms with Gasteiger partial charge in [-0.05, 0) is 56.1 Å². The number of halogens is 2. The molecule has 0 aliphatic carbocycles. The average Bonchev–Trinajstić information content (AvgIpc) is 3.01. The van der Waals surface area contributed by atoms with Crippen LogP contribution in [0, 0.1) is 0 Å². The highest BCUT2D eigenvalue weighted by Gasteiger charge is 2.06. The Morgan fingerprint density at radius 3 is 2.76 bits per heavy atom. The smallest absolute Gasteiger partial charge is 0.0876 e. The van der Waals surface area contributed by atoms with Crippen LogP contribution in [-0.2, 0) is 6.54 Å². The molecule has 21 heavy (non-hydrogen) atoms. The molecule has 6 heteroatoms. The van der Waals surface area contributed by atoms with Gasteiger partial charge in [-0.1, -0.05) is 12.1 Å². The van der Waals surface area contributed by atoms with E-state index in [2.05, 4.69) is 47.3 Å². The van der Waals surface area contributed by atoms with E-state index in [4.69, 9.17) is 0 Å². The lowest BCUT2D eigenvalue weighted by molar-refractivity contribution is 0.878. The number of nitrogens with zero attached hydrogens (tertiary/aromatic N) is 3. The molecule has 3 aromatic rings. The Morgan fingerprint density at radius 2 is 2.00 bits per heavy atom. The molecule has 1 aromatic carbocycles. The number of rotatable bonds is 4. The minimum atomic E-state index is 0.631. The molecule has 0 unspecified atom stereocenters. The lowest BCUT2D eigenvalue weighted by Gasteiger charge is -2.12. The van der Waals surface area contributed by atoms with E-state index in [1.54, 1.807) is 12.4 Å². The summed E-state index contributed by atoms with van der Waals surface area (Å²) >= 11 is 6.93. The molecular formula is C15H12Br2N4. The van der Waals surface area contributed by atoms with E-state index in [1.807, 2.05) is 47.3 Å². The summed E-state index contributed by atoms with van der Waals surface area (Å²) in [5.74, 6) is 0. The summed E-state index contributed by atoms with van der Waals surface area (Å²) in [5, 5.41) is 7.69. The molecule has 2 aromatic heterocycles. The Balaban J connectivity index is 1.83. The van der Waals surface area contributed by atoms with Gasteiger partial charge in [0.2, 0.25) is 0 Å². The highest BCUT2D eigenvalue weighted by molar-refractivity contribution is 9.11. The molecule has 106 valence electrons. The van der Waals surface area contributed by atoms with E-state index < -0.39 is 0 Å². The fraction of sp³-hybridized carbons (Fsp3) is 0.0667. The number of benzene rings is 1. The third kappa shape index (κ3) is 3.33. The minimum Gasteiger partial charge on any atom is -0.378 e. The molecule has 0 fully saturated rings. The van der Waals surface area contributed by atoms with Gasteiger partial charge in [-0.3, -0.25) is 4.98 Å². The molecular weight excluding hydrogens is 396 g/mol. The zero-order valence-electron chi connectivity index (χ0n) is 11.0. The van der Waals surface area contributed by atoms with Crippen molar-refractivity contribution in [1.29, 1.82) is 0 Å². The van der Waals surface area contributed by atoms with Gasteiger partial charge in [-0.25, -0.2) is 4.68 Å². The molecule has 0 bridgehead atoms. The van der Waals surface area contributed by atoms with Crippen LogP contribution in [0.4, 0.5) is 5.69 Å². The first-order chi connectivity index (χ1) is 10.2. The van der Waals surface area contributed by atoms with E-state index >= 15 is 0 Å². The van der Waals surface area contributed by atoms with Crippen LogP contribution in [0.1, 0.15) is 5.69 Å². The third-order valence-corrected chi connectivity index (χ3v) is 4.11. The number of para-hydroxylation sites is 2. The maximum atomic E-state index is 4.41. The zero-order valence-corrected chi connectivity index (χ0v) is 14.2. The molecule has 0 saturated heterocycles. The number of aromatic nitrogens is 3. The Labute approximate surface area is 139 Å². The number of hydrogen-bond donors (Lipinski definition) is 1. The monoisotopic (exact) mass is 406 g/mol. The number of nitrogens with one attached hydrogen (secondary N) is 1. The van der Waals surface area contributed by atoms with Crippen molar-refractivity contribution < 1.29 is 0 Å². The number of anilines is 1.